The van der Waals surface area contributed by atoms with Crippen molar-refractivity contribution in [1.82, 2.24) is 0 Å². The van der Waals surface area contributed by atoms with Gasteiger partial charge < -0.3 is 21.5 Å². The van der Waals surface area contributed by atoms with Crippen LogP contribution in [0.15, 0.2) is 24.3 Å². The third-order valence-electron chi connectivity index (χ3n) is 2.96. The highest BCUT2D eigenvalue weighted by Gasteiger charge is 2.14. The second kappa shape index (κ2) is 8.97. The molecule has 1 rings (SSSR count). The summed E-state index contributed by atoms with van der Waals surface area (Å²) in [5.41, 5.74) is 11.4. The summed E-state index contributed by atoms with van der Waals surface area (Å²) in [5.74, 6) is -0.178. The van der Waals surface area contributed by atoms with Crippen molar-refractivity contribution in [3.63, 3.8) is 0 Å². The number of hydrogen-bond acceptors (Lipinski definition) is 4. The molecule has 0 radical (unpaired) electrons. The van der Waals surface area contributed by atoms with Gasteiger partial charge in [0.15, 0.2) is 0 Å². The Morgan fingerprint density at radius 3 is 2.71 bits per heavy atom. The molecule has 0 fully saturated rings. The second-order valence-electron chi connectivity index (χ2n) is 4.80. The highest BCUT2D eigenvalue weighted by molar-refractivity contribution is 5.95. The van der Waals surface area contributed by atoms with Crippen LogP contribution in [0, 0.1) is 0 Å². The Kier molecular flexibility index (Phi) is 7.25. The largest absolute Gasteiger partial charge is 0.491 e. The lowest BCUT2D eigenvalue weighted by molar-refractivity contribution is -0.119. The number of anilines is 1. The Morgan fingerprint density at radius 1 is 1.33 bits per heavy atom. The zero-order chi connectivity index (χ0) is 15.7. The molecule has 0 aromatic heterocycles. The molecule has 6 nitrogen and oxygen atoms in total. The van der Waals surface area contributed by atoms with E-state index in [1.165, 1.54) is 0 Å². The molecular formula is C15H23N3O3. The first-order valence-electron chi connectivity index (χ1n) is 7.11. The molecule has 21 heavy (non-hydrogen) atoms. The van der Waals surface area contributed by atoms with Crippen molar-refractivity contribution in [2.24, 2.45) is 11.5 Å². The molecule has 1 atom stereocenters. The normalized spacial score (nSPS) is 11.7. The second-order valence-corrected chi connectivity index (χ2v) is 4.80. The number of nitrogens with one attached hydrogen (secondary N) is 1. The van der Waals surface area contributed by atoms with Gasteiger partial charge in [-0.15, -0.1) is 0 Å². The summed E-state index contributed by atoms with van der Waals surface area (Å²) in [4.78, 5) is 22.7. The average Bonchev–Trinajstić information content (AvgIpc) is 2.46. The van der Waals surface area contributed by atoms with E-state index in [0.29, 0.717) is 17.9 Å². The zero-order valence-corrected chi connectivity index (χ0v) is 12.3. The van der Waals surface area contributed by atoms with Gasteiger partial charge in [-0.1, -0.05) is 31.9 Å². The SMILES string of the molecule is CCCCC(N)C(=O)Nc1ccccc1OCCC(N)=O. The van der Waals surface area contributed by atoms with Crippen molar-refractivity contribution in [1.29, 1.82) is 0 Å². The van der Waals surface area contributed by atoms with E-state index in [0.717, 1.165) is 12.8 Å². The van der Waals surface area contributed by atoms with Crippen molar-refractivity contribution in [3.05, 3.63) is 24.3 Å². The predicted octanol–water partition coefficient (Wildman–Crippen LogP) is 1.40. The van der Waals surface area contributed by atoms with E-state index in [1.807, 2.05) is 6.92 Å². The van der Waals surface area contributed by atoms with Gasteiger partial charge in [-0.25, -0.2) is 0 Å². The molecule has 116 valence electrons. The van der Waals surface area contributed by atoms with Gasteiger partial charge in [0.25, 0.3) is 0 Å². The molecule has 6 heteroatoms. The monoisotopic (exact) mass is 293 g/mol. The van der Waals surface area contributed by atoms with Crippen LogP contribution in [-0.2, 0) is 9.59 Å². The summed E-state index contributed by atoms with van der Waals surface area (Å²) >= 11 is 0. The molecule has 1 unspecified atom stereocenters. The Balaban J connectivity index is 2.61. The van der Waals surface area contributed by atoms with E-state index in [2.05, 4.69) is 5.32 Å². The Labute approximate surface area is 124 Å². The smallest absolute Gasteiger partial charge is 0.241 e. The summed E-state index contributed by atoms with van der Waals surface area (Å²) in [5, 5.41) is 2.75. The van der Waals surface area contributed by atoms with Gasteiger partial charge in [0, 0.05) is 0 Å². The molecule has 0 heterocycles. The molecular weight excluding hydrogens is 270 g/mol. The molecule has 5 N–H and O–H groups in total. The summed E-state index contributed by atoms with van der Waals surface area (Å²) < 4.78 is 5.45. The minimum absolute atomic E-state index is 0.123. The molecule has 0 saturated heterocycles. The molecule has 0 aliphatic rings. The molecule has 0 spiro atoms. The molecule has 0 aliphatic carbocycles. The van der Waals surface area contributed by atoms with E-state index in [9.17, 15) is 9.59 Å². The first-order valence-corrected chi connectivity index (χ1v) is 7.11. The first-order chi connectivity index (χ1) is 10.0. The summed E-state index contributed by atoms with van der Waals surface area (Å²) in [6.07, 6.45) is 2.67. The molecule has 0 saturated carbocycles. The van der Waals surface area contributed by atoms with Crippen LogP contribution in [0.3, 0.4) is 0 Å². The summed E-state index contributed by atoms with van der Waals surface area (Å²) in [6, 6.07) is 6.47. The van der Waals surface area contributed by atoms with Gasteiger partial charge in [-0.3, -0.25) is 9.59 Å². The highest BCUT2D eigenvalue weighted by Crippen LogP contribution is 2.24. The van der Waals surface area contributed by atoms with Crippen LogP contribution in [0.5, 0.6) is 5.75 Å². The van der Waals surface area contributed by atoms with Gasteiger partial charge in [-0.2, -0.15) is 0 Å². The number of para-hydroxylation sites is 2. The van der Waals surface area contributed by atoms with Crippen molar-refractivity contribution in [2.45, 2.75) is 38.6 Å². The van der Waals surface area contributed by atoms with E-state index in [-0.39, 0.29) is 18.9 Å². The van der Waals surface area contributed by atoms with Crippen LogP contribution in [0.2, 0.25) is 0 Å². The standard InChI is InChI=1S/C15H23N3O3/c1-2-3-6-11(16)15(20)18-12-7-4-5-8-13(12)21-10-9-14(17)19/h4-5,7-8,11H,2-3,6,9-10,16H2,1H3,(H2,17,19)(H,18,20). The fourth-order valence-electron chi connectivity index (χ4n) is 1.74. The maximum atomic E-state index is 12.0. The minimum atomic E-state index is -0.538. The van der Waals surface area contributed by atoms with E-state index in [4.69, 9.17) is 16.2 Å². The molecule has 1 aromatic rings. The number of primary amides is 1. The quantitative estimate of drug-likeness (QED) is 0.639. The minimum Gasteiger partial charge on any atom is -0.491 e. The fraction of sp³-hybridized carbons (Fsp3) is 0.467. The van der Waals surface area contributed by atoms with Crippen molar-refractivity contribution >= 4 is 17.5 Å². The fourth-order valence-corrected chi connectivity index (χ4v) is 1.74. The van der Waals surface area contributed by atoms with Gasteiger partial charge in [-0.05, 0) is 18.6 Å². The summed E-state index contributed by atoms with van der Waals surface area (Å²) in [6.45, 7) is 2.22. The van der Waals surface area contributed by atoms with Crippen LogP contribution in [0.25, 0.3) is 0 Å². The van der Waals surface area contributed by atoms with Crippen LogP contribution in [0.1, 0.15) is 32.6 Å². The Hall–Kier alpha value is -2.08. The van der Waals surface area contributed by atoms with Gasteiger partial charge in [0.1, 0.15) is 5.75 Å². The lowest BCUT2D eigenvalue weighted by atomic mass is 10.1. The van der Waals surface area contributed by atoms with Crippen LogP contribution < -0.4 is 21.5 Å². The van der Waals surface area contributed by atoms with Crippen molar-refractivity contribution < 1.29 is 14.3 Å². The topological polar surface area (TPSA) is 107 Å². The maximum absolute atomic E-state index is 12.0. The first kappa shape index (κ1) is 17.0. The van der Waals surface area contributed by atoms with Crippen molar-refractivity contribution in [2.75, 3.05) is 11.9 Å². The van der Waals surface area contributed by atoms with E-state index >= 15 is 0 Å². The number of carbonyl (C=O) groups excluding carboxylic acids is 2. The Bertz CT molecular complexity index is 477. The van der Waals surface area contributed by atoms with Crippen LogP contribution >= 0.6 is 0 Å². The number of rotatable bonds is 9. The van der Waals surface area contributed by atoms with Crippen LogP contribution in [-0.4, -0.2) is 24.5 Å². The van der Waals surface area contributed by atoms with E-state index in [1.54, 1.807) is 24.3 Å². The average molecular weight is 293 g/mol. The number of ether oxygens (including phenoxy) is 1. The van der Waals surface area contributed by atoms with Gasteiger partial charge in [0.2, 0.25) is 11.8 Å². The third kappa shape index (κ3) is 6.27. The number of benzene rings is 1. The molecule has 0 aliphatic heterocycles. The molecule has 1 aromatic carbocycles. The lowest BCUT2D eigenvalue weighted by Crippen LogP contribution is -2.35. The predicted molar refractivity (Wildman–Crippen MR) is 81.9 cm³/mol. The number of nitrogens with two attached hydrogens (primary N) is 2. The third-order valence-corrected chi connectivity index (χ3v) is 2.96. The molecule has 2 amide bonds. The number of hydrogen-bond donors (Lipinski definition) is 3. The Morgan fingerprint density at radius 2 is 2.05 bits per heavy atom. The number of unbranched alkanes of at least 4 members (excludes halogenated alkanes) is 1. The van der Waals surface area contributed by atoms with Gasteiger partial charge >= 0.3 is 0 Å². The zero-order valence-electron chi connectivity index (χ0n) is 12.3. The highest BCUT2D eigenvalue weighted by atomic mass is 16.5. The number of amides is 2. The number of carbonyl (C=O) groups is 2. The van der Waals surface area contributed by atoms with Gasteiger partial charge in [0.05, 0.1) is 24.8 Å². The summed E-state index contributed by atoms with van der Waals surface area (Å²) in [7, 11) is 0. The lowest BCUT2D eigenvalue weighted by Gasteiger charge is -2.15. The van der Waals surface area contributed by atoms with Crippen LogP contribution in [0.4, 0.5) is 5.69 Å². The maximum Gasteiger partial charge on any atom is 0.241 e. The van der Waals surface area contributed by atoms with E-state index < -0.39 is 11.9 Å². The van der Waals surface area contributed by atoms with Crippen molar-refractivity contribution in [3.8, 4) is 5.75 Å². The molecule has 0 bridgehead atoms.